The minimum Gasteiger partial charge on any atom is -0.318 e. The number of hydrogen-bond acceptors (Lipinski definition) is 2. The lowest BCUT2D eigenvalue weighted by Gasteiger charge is -2.22. The third-order valence-corrected chi connectivity index (χ3v) is 3.35. The summed E-state index contributed by atoms with van der Waals surface area (Å²) in [5.74, 6) is -0.984. The molecule has 1 rings (SSSR count). The molecule has 18 heavy (non-hydrogen) atoms. The molecule has 0 amide bonds. The average molecular weight is 321 g/mol. The van der Waals surface area contributed by atoms with Gasteiger partial charge in [0.15, 0.2) is 0 Å². The van der Waals surface area contributed by atoms with Crippen LogP contribution in [0.4, 0.5) is 8.78 Å². The first-order valence-electron chi connectivity index (χ1n) is 6.09. The normalized spacial score (nSPS) is 11.2. The molecule has 0 aliphatic heterocycles. The van der Waals surface area contributed by atoms with Crippen LogP contribution >= 0.6 is 15.9 Å². The first-order chi connectivity index (χ1) is 8.60. The fourth-order valence-corrected chi connectivity index (χ4v) is 2.17. The molecule has 2 nitrogen and oxygen atoms in total. The summed E-state index contributed by atoms with van der Waals surface area (Å²) in [6.45, 7) is 4.76. The van der Waals surface area contributed by atoms with Gasteiger partial charge in [-0.25, -0.2) is 8.78 Å². The van der Waals surface area contributed by atoms with Crippen molar-refractivity contribution in [3.05, 3.63) is 33.8 Å². The lowest BCUT2D eigenvalue weighted by molar-refractivity contribution is 0.259. The molecule has 0 radical (unpaired) electrons. The average Bonchev–Trinajstić information content (AvgIpc) is 2.36. The van der Waals surface area contributed by atoms with E-state index in [1.165, 1.54) is 12.1 Å². The smallest absolute Gasteiger partial charge is 0.144 e. The van der Waals surface area contributed by atoms with Gasteiger partial charge in [-0.1, -0.05) is 6.92 Å². The first kappa shape index (κ1) is 15.5. The van der Waals surface area contributed by atoms with Crippen LogP contribution in [0.5, 0.6) is 0 Å². The molecular weight excluding hydrogens is 302 g/mol. The van der Waals surface area contributed by atoms with E-state index < -0.39 is 11.6 Å². The van der Waals surface area contributed by atoms with Gasteiger partial charge in [0.1, 0.15) is 11.6 Å². The van der Waals surface area contributed by atoms with Crippen molar-refractivity contribution in [2.24, 2.45) is 0 Å². The van der Waals surface area contributed by atoms with E-state index in [2.05, 4.69) is 28.2 Å². The highest BCUT2D eigenvalue weighted by Gasteiger charge is 2.15. The highest BCUT2D eigenvalue weighted by molar-refractivity contribution is 9.10. The van der Waals surface area contributed by atoms with Gasteiger partial charge in [-0.15, -0.1) is 0 Å². The Morgan fingerprint density at radius 2 is 2.00 bits per heavy atom. The largest absolute Gasteiger partial charge is 0.318 e. The maximum Gasteiger partial charge on any atom is 0.144 e. The quantitative estimate of drug-likeness (QED) is 0.776. The van der Waals surface area contributed by atoms with Gasteiger partial charge in [-0.3, -0.25) is 4.90 Å². The van der Waals surface area contributed by atoms with Crippen LogP contribution in [0.15, 0.2) is 16.6 Å². The topological polar surface area (TPSA) is 15.3 Å². The van der Waals surface area contributed by atoms with Crippen LogP contribution in [0.3, 0.4) is 0 Å². The Bertz CT molecular complexity index is 385. The SMILES string of the molecule is CCCN(CCNC)Cc1c(F)ccc(Br)c1F. The third kappa shape index (κ3) is 4.30. The van der Waals surface area contributed by atoms with Crippen molar-refractivity contribution < 1.29 is 8.78 Å². The fraction of sp³-hybridized carbons (Fsp3) is 0.538. The Balaban J connectivity index is 2.82. The van der Waals surface area contributed by atoms with Gasteiger partial charge in [0.2, 0.25) is 0 Å². The van der Waals surface area contributed by atoms with Crippen LogP contribution in [0.2, 0.25) is 0 Å². The molecule has 0 heterocycles. The van der Waals surface area contributed by atoms with Crippen molar-refractivity contribution in [1.29, 1.82) is 0 Å². The molecule has 102 valence electrons. The molecule has 0 aliphatic rings. The van der Waals surface area contributed by atoms with Gasteiger partial charge < -0.3 is 5.32 Å². The zero-order valence-electron chi connectivity index (χ0n) is 10.8. The van der Waals surface area contributed by atoms with Crippen LogP contribution in [0.1, 0.15) is 18.9 Å². The number of nitrogens with one attached hydrogen (secondary N) is 1. The number of halogens is 3. The summed E-state index contributed by atoms with van der Waals surface area (Å²) in [7, 11) is 1.87. The number of rotatable bonds is 7. The Hall–Kier alpha value is -0.520. The summed E-state index contributed by atoms with van der Waals surface area (Å²) in [4.78, 5) is 2.05. The van der Waals surface area contributed by atoms with Gasteiger partial charge >= 0.3 is 0 Å². The summed E-state index contributed by atoms with van der Waals surface area (Å²) in [6.07, 6.45) is 0.959. The zero-order chi connectivity index (χ0) is 13.5. The summed E-state index contributed by atoms with van der Waals surface area (Å²) in [6, 6.07) is 2.69. The lowest BCUT2D eigenvalue weighted by Crippen LogP contribution is -2.31. The van der Waals surface area contributed by atoms with Crippen LogP contribution in [0.25, 0.3) is 0 Å². The molecule has 0 atom stereocenters. The molecule has 0 saturated heterocycles. The summed E-state index contributed by atoms with van der Waals surface area (Å²) in [5.41, 5.74) is 0.133. The zero-order valence-corrected chi connectivity index (χ0v) is 12.4. The number of nitrogens with zero attached hydrogens (tertiary/aromatic N) is 1. The Kier molecular flexibility index (Phi) is 6.75. The van der Waals surface area contributed by atoms with E-state index in [0.29, 0.717) is 11.0 Å². The van der Waals surface area contributed by atoms with Crippen molar-refractivity contribution >= 4 is 15.9 Å². The highest BCUT2D eigenvalue weighted by atomic mass is 79.9. The van der Waals surface area contributed by atoms with Crippen molar-refractivity contribution in [3.63, 3.8) is 0 Å². The Morgan fingerprint density at radius 1 is 1.28 bits per heavy atom. The fourth-order valence-electron chi connectivity index (χ4n) is 1.79. The third-order valence-electron chi connectivity index (χ3n) is 2.74. The minimum absolute atomic E-state index is 0.133. The first-order valence-corrected chi connectivity index (χ1v) is 6.88. The van der Waals surface area contributed by atoms with Crippen LogP contribution in [-0.4, -0.2) is 31.6 Å². The molecule has 5 heteroatoms. The second kappa shape index (κ2) is 7.81. The van der Waals surface area contributed by atoms with Gasteiger partial charge in [0, 0.05) is 25.2 Å². The van der Waals surface area contributed by atoms with E-state index in [1.54, 1.807) is 0 Å². The summed E-state index contributed by atoms with van der Waals surface area (Å²) >= 11 is 3.09. The van der Waals surface area contributed by atoms with Gasteiger partial charge in [-0.05, 0) is 48.1 Å². The van der Waals surface area contributed by atoms with E-state index in [4.69, 9.17) is 0 Å². The maximum absolute atomic E-state index is 13.9. The second-order valence-corrected chi connectivity index (χ2v) is 5.06. The standard InChI is InChI=1S/C13H19BrF2N2/c1-3-7-18(8-6-17-2)9-10-12(15)5-4-11(14)13(10)16/h4-5,17H,3,6-9H2,1-2H3. The molecule has 1 aromatic carbocycles. The maximum atomic E-state index is 13.9. The highest BCUT2D eigenvalue weighted by Crippen LogP contribution is 2.22. The van der Waals surface area contributed by atoms with Gasteiger partial charge in [0.25, 0.3) is 0 Å². The number of likely N-dealkylation sites (N-methyl/N-ethyl adjacent to an activating group) is 1. The predicted molar refractivity (Wildman–Crippen MR) is 73.6 cm³/mol. The second-order valence-electron chi connectivity index (χ2n) is 4.20. The monoisotopic (exact) mass is 320 g/mol. The van der Waals surface area contributed by atoms with Crippen molar-refractivity contribution in [2.75, 3.05) is 26.7 Å². The Morgan fingerprint density at radius 3 is 2.61 bits per heavy atom. The Labute approximate surface area is 115 Å². The molecule has 1 N–H and O–H groups in total. The van der Waals surface area contributed by atoms with Crippen LogP contribution < -0.4 is 5.32 Å². The van der Waals surface area contributed by atoms with E-state index in [9.17, 15) is 8.78 Å². The number of hydrogen-bond donors (Lipinski definition) is 1. The van der Waals surface area contributed by atoms with E-state index in [-0.39, 0.29) is 5.56 Å². The minimum atomic E-state index is -0.499. The van der Waals surface area contributed by atoms with Gasteiger partial charge in [-0.2, -0.15) is 0 Å². The van der Waals surface area contributed by atoms with Crippen molar-refractivity contribution in [3.8, 4) is 0 Å². The van der Waals surface area contributed by atoms with Gasteiger partial charge in [0.05, 0.1) is 4.47 Å². The van der Waals surface area contributed by atoms with E-state index >= 15 is 0 Å². The molecule has 0 spiro atoms. The number of benzene rings is 1. The molecule has 0 saturated carbocycles. The summed E-state index contributed by atoms with van der Waals surface area (Å²) < 4.78 is 27.8. The van der Waals surface area contributed by atoms with Crippen LogP contribution in [0, 0.1) is 11.6 Å². The molecule has 0 unspecified atom stereocenters. The predicted octanol–water partition coefficient (Wildman–Crippen LogP) is 3.16. The molecule has 0 fully saturated rings. The van der Waals surface area contributed by atoms with Crippen molar-refractivity contribution in [1.82, 2.24) is 10.2 Å². The lowest BCUT2D eigenvalue weighted by atomic mass is 10.1. The van der Waals surface area contributed by atoms with Crippen LogP contribution in [-0.2, 0) is 6.54 Å². The molecular formula is C13H19BrF2N2. The molecule has 0 aliphatic carbocycles. The van der Waals surface area contributed by atoms with E-state index in [0.717, 1.165) is 26.1 Å². The summed E-state index contributed by atoms with van der Waals surface area (Å²) in [5, 5.41) is 3.04. The van der Waals surface area contributed by atoms with E-state index in [1.807, 2.05) is 11.9 Å². The molecule has 0 bridgehead atoms. The molecule has 0 aromatic heterocycles. The van der Waals surface area contributed by atoms with Crippen molar-refractivity contribution in [2.45, 2.75) is 19.9 Å². The molecule has 1 aromatic rings.